The van der Waals surface area contributed by atoms with E-state index in [2.05, 4.69) is 5.32 Å². The summed E-state index contributed by atoms with van der Waals surface area (Å²) in [5.41, 5.74) is 1.18. The number of hydrogen-bond donors (Lipinski definition) is 1. The van der Waals surface area contributed by atoms with Crippen molar-refractivity contribution in [1.82, 2.24) is 4.31 Å². The molecule has 1 aliphatic heterocycles. The molecule has 0 aromatic heterocycles. The van der Waals surface area contributed by atoms with Gasteiger partial charge in [-0.25, -0.2) is 8.42 Å². The van der Waals surface area contributed by atoms with Crippen molar-refractivity contribution in [2.24, 2.45) is 0 Å². The number of morpholine rings is 1. The van der Waals surface area contributed by atoms with Crippen molar-refractivity contribution >= 4 is 21.6 Å². The molecule has 34 heavy (non-hydrogen) atoms. The smallest absolute Gasteiger partial charge is 0.246 e. The molecular weight excluding hydrogens is 456 g/mol. The number of carbonyl (C=O) groups is 1. The molecular formula is C25H26N2O6S. The van der Waals surface area contributed by atoms with Crippen molar-refractivity contribution in [2.75, 3.05) is 38.7 Å². The lowest BCUT2D eigenvalue weighted by atomic mass is 10.1. The highest BCUT2D eigenvalue weighted by Gasteiger charge is 2.29. The average molecular weight is 483 g/mol. The van der Waals surface area contributed by atoms with Crippen LogP contribution in [0.25, 0.3) is 0 Å². The van der Waals surface area contributed by atoms with Crippen molar-refractivity contribution in [3.63, 3.8) is 0 Å². The maximum absolute atomic E-state index is 13.1. The number of nitrogens with one attached hydrogen (secondary N) is 1. The summed E-state index contributed by atoms with van der Waals surface area (Å²) in [7, 11) is -2.35. The molecule has 1 N–H and O–H groups in total. The number of rotatable bonds is 8. The Morgan fingerprint density at radius 3 is 2.32 bits per heavy atom. The third-order valence-electron chi connectivity index (χ3n) is 5.30. The Labute approximate surface area is 199 Å². The zero-order valence-electron chi connectivity index (χ0n) is 18.8. The Kier molecular flexibility index (Phi) is 7.46. The van der Waals surface area contributed by atoms with E-state index in [1.165, 1.54) is 17.5 Å². The van der Waals surface area contributed by atoms with Gasteiger partial charge < -0.3 is 19.5 Å². The highest BCUT2D eigenvalue weighted by molar-refractivity contribution is 7.89. The first kappa shape index (κ1) is 23.7. The Bertz CT molecular complexity index is 1220. The molecule has 0 spiro atoms. The van der Waals surface area contributed by atoms with Gasteiger partial charge in [0.15, 0.2) is 0 Å². The van der Waals surface area contributed by atoms with Crippen LogP contribution in [-0.2, 0) is 26.0 Å². The number of benzene rings is 3. The molecule has 8 nitrogen and oxygen atoms in total. The summed E-state index contributed by atoms with van der Waals surface area (Å²) >= 11 is 0. The molecule has 3 aromatic rings. The summed E-state index contributed by atoms with van der Waals surface area (Å²) in [4.78, 5) is 12.7. The molecule has 178 valence electrons. The van der Waals surface area contributed by atoms with E-state index in [1.807, 2.05) is 30.3 Å². The monoisotopic (exact) mass is 482 g/mol. The van der Waals surface area contributed by atoms with Crippen LogP contribution in [0.2, 0.25) is 0 Å². The Hall–Kier alpha value is -3.40. The lowest BCUT2D eigenvalue weighted by Gasteiger charge is -2.26. The highest BCUT2D eigenvalue weighted by atomic mass is 32.2. The van der Waals surface area contributed by atoms with Gasteiger partial charge in [-0.3, -0.25) is 4.79 Å². The quantitative estimate of drug-likeness (QED) is 0.526. The zero-order chi connectivity index (χ0) is 24.0. The average Bonchev–Trinajstić information content (AvgIpc) is 2.86. The number of methoxy groups -OCH3 is 1. The second-order valence-corrected chi connectivity index (χ2v) is 9.57. The lowest BCUT2D eigenvalue weighted by Crippen LogP contribution is -2.40. The molecule has 4 rings (SSSR count). The van der Waals surface area contributed by atoms with Gasteiger partial charge in [-0.2, -0.15) is 4.31 Å². The van der Waals surface area contributed by atoms with E-state index in [-0.39, 0.29) is 36.1 Å². The molecule has 0 saturated carbocycles. The van der Waals surface area contributed by atoms with Crippen LogP contribution in [0.1, 0.15) is 5.56 Å². The van der Waals surface area contributed by atoms with Gasteiger partial charge in [0.25, 0.3) is 0 Å². The van der Waals surface area contributed by atoms with Gasteiger partial charge in [0, 0.05) is 18.8 Å². The first-order valence-corrected chi connectivity index (χ1v) is 12.3. The van der Waals surface area contributed by atoms with Crippen molar-refractivity contribution in [2.45, 2.75) is 11.3 Å². The second-order valence-electron chi connectivity index (χ2n) is 7.67. The largest absolute Gasteiger partial charge is 0.495 e. The van der Waals surface area contributed by atoms with Crippen LogP contribution in [0, 0.1) is 0 Å². The number of ether oxygens (including phenoxy) is 3. The summed E-state index contributed by atoms with van der Waals surface area (Å²) in [6.45, 7) is 1.25. The number of para-hydroxylation sites is 1. The van der Waals surface area contributed by atoms with Gasteiger partial charge in [0.1, 0.15) is 22.1 Å². The summed E-state index contributed by atoms with van der Waals surface area (Å²) in [5, 5.41) is 2.83. The molecule has 1 aliphatic rings. The predicted octanol–water partition coefficient (Wildman–Crippen LogP) is 3.69. The highest BCUT2D eigenvalue weighted by Crippen LogP contribution is 2.29. The third-order valence-corrected chi connectivity index (χ3v) is 7.22. The number of sulfonamides is 1. The van der Waals surface area contributed by atoms with E-state index in [0.717, 1.165) is 5.75 Å². The molecule has 9 heteroatoms. The first-order chi connectivity index (χ1) is 16.5. The minimum absolute atomic E-state index is 0.0118. The van der Waals surface area contributed by atoms with Gasteiger partial charge in [-0.1, -0.05) is 24.3 Å². The second kappa shape index (κ2) is 10.7. The molecule has 0 bridgehead atoms. The number of carbonyl (C=O) groups excluding carboxylic acids is 1. The first-order valence-electron chi connectivity index (χ1n) is 10.8. The van der Waals surface area contributed by atoms with Crippen LogP contribution in [-0.4, -0.2) is 52.0 Å². The van der Waals surface area contributed by atoms with Crippen LogP contribution in [0.15, 0.2) is 77.7 Å². The Balaban J connectivity index is 1.43. The molecule has 1 saturated heterocycles. The van der Waals surface area contributed by atoms with E-state index in [9.17, 15) is 13.2 Å². The molecule has 3 aromatic carbocycles. The van der Waals surface area contributed by atoms with Gasteiger partial charge in [0.05, 0.1) is 26.7 Å². The van der Waals surface area contributed by atoms with Gasteiger partial charge in [0.2, 0.25) is 15.9 Å². The van der Waals surface area contributed by atoms with Crippen LogP contribution in [0.5, 0.6) is 17.2 Å². The molecule has 1 amide bonds. The van der Waals surface area contributed by atoms with Crippen LogP contribution < -0.4 is 14.8 Å². The SMILES string of the molecule is COc1ccc(CC(=O)Nc2ccc(Oc3ccccc3)cc2)cc1S(=O)(=O)N1CCOCC1. The van der Waals surface area contributed by atoms with Crippen molar-refractivity contribution < 1.29 is 27.4 Å². The minimum atomic E-state index is -3.77. The molecule has 0 aliphatic carbocycles. The van der Waals surface area contributed by atoms with Gasteiger partial charge >= 0.3 is 0 Å². The fourth-order valence-corrected chi connectivity index (χ4v) is 5.19. The maximum atomic E-state index is 13.1. The maximum Gasteiger partial charge on any atom is 0.246 e. The molecule has 0 unspecified atom stereocenters. The van der Waals surface area contributed by atoms with E-state index in [4.69, 9.17) is 14.2 Å². The fourth-order valence-electron chi connectivity index (χ4n) is 3.58. The predicted molar refractivity (Wildman–Crippen MR) is 128 cm³/mol. The molecule has 1 fully saturated rings. The lowest BCUT2D eigenvalue weighted by molar-refractivity contribution is -0.115. The van der Waals surface area contributed by atoms with Crippen LogP contribution >= 0.6 is 0 Å². The minimum Gasteiger partial charge on any atom is -0.495 e. The van der Waals surface area contributed by atoms with Crippen LogP contribution in [0.4, 0.5) is 5.69 Å². The normalized spacial score (nSPS) is 14.4. The Morgan fingerprint density at radius 2 is 1.65 bits per heavy atom. The summed E-state index contributed by atoms with van der Waals surface area (Å²) in [6, 6.07) is 21.2. The molecule has 1 heterocycles. The molecule has 0 radical (unpaired) electrons. The summed E-state index contributed by atoms with van der Waals surface area (Å²) in [6.07, 6.45) is 0.0118. The summed E-state index contributed by atoms with van der Waals surface area (Å²) < 4.78 is 43.9. The number of nitrogens with zero attached hydrogens (tertiary/aromatic N) is 1. The summed E-state index contributed by atoms with van der Waals surface area (Å²) in [5.74, 6) is 1.35. The van der Waals surface area contributed by atoms with E-state index >= 15 is 0 Å². The van der Waals surface area contributed by atoms with Crippen molar-refractivity contribution in [3.8, 4) is 17.2 Å². The van der Waals surface area contributed by atoms with E-state index < -0.39 is 10.0 Å². The van der Waals surface area contributed by atoms with E-state index in [0.29, 0.717) is 30.2 Å². The van der Waals surface area contributed by atoms with Crippen molar-refractivity contribution in [3.05, 3.63) is 78.4 Å². The fraction of sp³-hybridized carbons (Fsp3) is 0.240. The van der Waals surface area contributed by atoms with E-state index in [1.54, 1.807) is 36.4 Å². The number of hydrogen-bond acceptors (Lipinski definition) is 6. The molecule has 0 atom stereocenters. The van der Waals surface area contributed by atoms with Crippen LogP contribution in [0.3, 0.4) is 0 Å². The third kappa shape index (κ3) is 5.74. The Morgan fingerprint density at radius 1 is 0.971 bits per heavy atom. The topological polar surface area (TPSA) is 94.2 Å². The van der Waals surface area contributed by atoms with Crippen molar-refractivity contribution in [1.29, 1.82) is 0 Å². The van der Waals surface area contributed by atoms with Gasteiger partial charge in [-0.15, -0.1) is 0 Å². The standard InChI is InChI=1S/C25H26N2O6S/c1-31-23-12-7-19(17-24(23)34(29,30)27-13-15-32-16-14-27)18-25(28)26-20-8-10-22(11-9-20)33-21-5-3-2-4-6-21/h2-12,17H,13-16,18H2,1H3,(H,26,28). The zero-order valence-corrected chi connectivity index (χ0v) is 19.6. The number of amides is 1. The van der Waals surface area contributed by atoms with Gasteiger partial charge in [-0.05, 0) is 54.1 Å². The number of anilines is 1.